The molecule has 3 aromatic carbocycles. The summed E-state index contributed by atoms with van der Waals surface area (Å²) in [5.41, 5.74) is 4.66. The second-order valence-electron chi connectivity index (χ2n) is 5.11. The molecule has 1 heteroatoms. The fourth-order valence-corrected chi connectivity index (χ4v) is 2.41. The highest BCUT2D eigenvalue weighted by Crippen LogP contribution is 2.25. The van der Waals surface area contributed by atoms with Gasteiger partial charge in [-0.2, -0.15) is 0 Å². The first-order valence-electron chi connectivity index (χ1n) is 7.01. The standard InChI is InChI=1S/C20H16O/c1-15-11-13-17(14-12-15)20(21)19-10-6-5-9-18(19)16-7-3-2-4-8-16/h2-14H,1H3. The fourth-order valence-electron chi connectivity index (χ4n) is 2.41. The van der Waals surface area contributed by atoms with E-state index in [2.05, 4.69) is 0 Å². The quantitative estimate of drug-likeness (QED) is 0.620. The Bertz CT molecular complexity index is 755. The fraction of sp³-hybridized carbons (Fsp3) is 0.0500. The Balaban J connectivity index is 2.07. The molecule has 0 saturated heterocycles. The predicted molar refractivity (Wildman–Crippen MR) is 86.5 cm³/mol. The molecule has 1 nitrogen and oxygen atoms in total. The molecule has 3 rings (SSSR count). The third-order valence-corrected chi connectivity index (χ3v) is 3.57. The zero-order valence-corrected chi connectivity index (χ0v) is 11.9. The third-order valence-electron chi connectivity index (χ3n) is 3.57. The highest BCUT2D eigenvalue weighted by Gasteiger charge is 2.13. The van der Waals surface area contributed by atoms with Crippen LogP contribution >= 0.6 is 0 Å². The number of carbonyl (C=O) groups excluding carboxylic acids is 1. The third kappa shape index (κ3) is 2.77. The van der Waals surface area contributed by atoms with Crippen molar-refractivity contribution < 1.29 is 4.79 Å². The van der Waals surface area contributed by atoms with Crippen LogP contribution in [0.1, 0.15) is 21.5 Å². The van der Waals surface area contributed by atoms with E-state index in [1.54, 1.807) is 0 Å². The molecule has 0 fully saturated rings. The summed E-state index contributed by atoms with van der Waals surface area (Å²) >= 11 is 0. The summed E-state index contributed by atoms with van der Waals surface area (Å²) in [7, 11) is 0. The van der Waals surface area contributed by atoms with Crippen molar-refractivity contribution in [3.63, 3.8) is 0 Å². The summed E-state index contributed by atoms with van der Waals surface area (Å²) in [6.45, 7) is 2.02. The van der Waals surface area contributed by atoms with E-state index in [4.69, 9.17) is 0 Å². The molecule has 0 unspecified atom stereocenters. The number of aryl methyl sites for hydroxylation is 1. The topological polar surface area (TPSA) is 17.1 Å². The summed E-state index contributed by atoms with van der Waals surface area (Å²) in [5, 5.41) is 0. The van der Waals surface area contributed by atoms with Crippen molar-refractivity contribution in [3.8, 4) is 11.1 Å². The van der Waals surface area contributed by atoms with Gasteiger partial charge < -0.3 is 0 Å². The molecule has 0 aliphatic carbocycles. The van der Waals surface area contributed by atoms with Crippen LogP contribution in [-0.2, 0) is 0 Å². The van der Waals surface area contributed by atoms with Crippen molar-refractivity contribution in [2.24, 2.45) is 0 Å². The van der Waals surface area contributed by atoms with Gasteiger partial charge in [0.2, 0.25) is 0 Å². The molecular weight excluding hydrogens is 256 g/mol. The molecule has 0 aliphatic rings. The lowest BCUT2D eigenvalue weighted by Gasteiger charge is -2.09. The van der Waals surface area contributed by atoms with E-state index >= 15 is 0 Å². The summed E-state index contributed by atoms with van der Waals surface area (Å²) in [5.74, 6) is 0.0643. The molecule has 21 heavy (non-hydrogen) atoms. The number of ketones is 1. The summed E-state index contributed by atoms with van der Waals surface area (Å²) < 4.78 is 0. The minimum Gasteiger partial charge on any atom is -0.289 e. The van der Waals surface area contributed by atoms with Crippen LogP contribution in [0.15, 0.2) is 78.9 Å². The second-order valence-corrected chi connectivity index (χ2v) is 5.11. The van der Waals surface area contributed by atoms with Gasteiger partial charge >= 0.3 is 0 Å². The zero-order valence-electron chi connectivity index (χ0n) is 11.9. The lowest BCUT2D eigenvalue weighted by atomic mass is 9.94. The first-order chi connectivity index (χ1) is 10.3. The SMILES string of the molecule is Cc1ccc(C(=O)c2ccccc2-c2ccccc2)cc1. The van der Waals surface area contributed by atoms with Crippen LogP contribution in [0.5, 0.6) is 0 Å². The van der Waals surface area contributed by atoms with Gasteiger partial charge in [-0.3, -0.25) is 4.79 Å². The molecule has 0 aliphatic heterocycles. The first-order valence-corrected chi connectivity index (χ1v) is 7.01. The number of hydrogen-bond donors (Lipinski definition) is 0. The van der Waals surface area contributed by atoms with Gasteiger partial charge in [-0.05, 0) is 18.1 Å². The van der Waals surface area contributed by atoms with E-state index in [1.165, 1.54) is 0 Å². The molecule has 0 amide bonds. The highest BCUT2D eigenvalue weighted by molar-refractivity contribution is 6.12. The normalized spacial score (nSPS) is 10.3. The van der Waals surface area contributed by atoms with Gasteiger partial charge in [-0.1, -0.05) is 84.4 Å². The van der Waals surface area contributed by atoms with Crippen LogP contribution in [0.4, 0.5) is 0 Å². The van der Waals surface area contributed by atoms with Gasteiger partial charge in [0.05, 0.1) is 0 Å². The molecule has 0 aromatic heterocycles. The van der Waals surface area contributed by atoms with Crippen molar-refractivity contribution in [2.45, 2.75) is 6.92 Å². The Labute approximate surface area is 124 Å². The highest BCUT2D eigenvalue weighted by atomic mass is 16.1. The van der Waals surface area contributed by atoms with Crippen LogP contribution in [0.3, 0.4) is 0 Å². The second kappa shape index (κ2) is 5.76. The minimum absolute atomic E-state index is 0.0643. The number of rotatable bonds is 3. The summed E-state index contributed by atoms with van der Waals surface area (Å²) in [6.07, 6.45) is 0. The van der Waals surface area contributed by atoms with Crippen molar-refractivity contribution in [3.05, 3.63) is 95.6 Å². The van der Waals surface area contributed by atoms with Crippen LogP contribution in [0, 0.1) is 6.92 Å². The lowest BCUT2D eigenvalue weighted by Crippen LogP contribution is -2.03. The average Bonchev–Trinajstić information content (AvgIpc) is 2.56. The monoisotopic (exact) mass is 272 g/mol. The summed E-state index contributed by atoms with van der Waals surface area (Å²) in [6, 6.07) is 25.5. The van der Waals surface area contributed by atoms with E-state index in [-0.39, 0.29) is 5.78 Å². The van der Waals surface area contributed by atoms with Gasteiger partial charge in [0, 0.05) is 11.1 Å². The molecule has 0 spiro atoms. The molecule has 0 N–H and O–H groups in total. The van der Waals surface area contributed by atoms with Gasteiger partial charge in [0.15, 0.2) is 5.78 Å². The van der Waals surface area contributed by atoms with E-state index in [0.717, 1.165) is 27.8 Å². The number of benzene rings is 3. The predicted octanol–water partition coefficient (Wildman–Crippen LogP) is 4.89. The van der Waals surface area contributed by atoms with Crippen molar-refractivity contribution in [2.75, 3.05) is 0 Å². The largest absolute Gasteiger partial charge is 0.289 e. The average molecular weight is 272 g/mol. The van der Waals surface area contributed by atoms with Crippen LogP contribution in [-0.4, -0.2) is 5.78 Å². The number of carbonyl (C=O) groups is 1. The molecular formula is C20H16O. The maximum absolute atomic E-state index is 12.8. The van der Waals surface area contributed by atoms with Gasteiger partial charge in [0.1, 0.15) is 0 Å². The van der Waals surface area contributed by atoms with Crippen molar-refractivity contribution >= 4 is 5.78 Å². The van der Waals surface area contributed by atoms with Crippen LogP contribution in [0.2, 0.25) is 0 Å². The first kappa shape index (κ1) is 13.3. The number of hydrogen-bond acceptors (Lipinski definition) is 1. The Morgan fingerprint density at radius 3 is 2.05 bits per heavy atom. The maximum atomic E-state index is 12.8. The molecule has 0 bridgehead atoms. The molecule has 102 valence electrons. The Morgan fingerprint density at radius 1 is 0.714 bits per heavy atom. The Morgan fingerprint density at radius 2 is 1.33 bits per heavy atom. The smallest absolute Gasteiger partial charge is 0.193 e. The Hall–Kier alpha value is -2.67. The van der Waals surface area contributed by atoms with E-state index in [1.807, 2.05) is 85.8 Å². The molecule has 0 heterocycles. The molecule has 0 radical (unpaired) electrons. The van der Waals surface area contributed by atoms with Gasteiger partial charge in [-0.15, -0.1) is 0 Å². The summed E-state index contributed by atoms with van der Waals surface area (Å²) in [4.78, 5) is 12.8. The molecule has 0 atom stereocenters. The minimum atomic E-state index is 0.0643. The van der Waals surface area contributed by atoms with Gasteiger partial charge in [0.25, 0.3) is 0 Å². The van der Waals surface area contributed by atoms with E-state index < -0.39 is 0 Å². The maximum Gasteiger partial charge on any atom is 0.193 e. The van der Waals surface area contributed by atoms with E-state index in [0.29, 0.717) is 0 Å². The lowest BCUT2D eigenvalue weighted by molar-refractivity contribution is 0.103. The van der Waals surface area contributed by atoms with Crippen molar-refractivity contribution in [1.82, 2.24) is 0 Å². The molecule has 3 aromatic rings. The zero-order chi connectivity index (χ0) is 14.7. The Kier molecular flexibility index (Phi) is 3.65. The van der Waals surface area contributed by atoms with Crippen LogP contribution < -0.4 is 0 Å². The van der Waals surface area contributed by atoms with Crippen molar-refractivity contribution in [1.29, 1.82) is 0 Å². The van der Waals surface area contributed by atoms with E-state index in [9.17, 15) is 4.79 Å². The van der Waals surface area contributed by atoms with Crippen LogP contribution in [0.25, 0.3) is 11.1 Å². The van der Waals surface area contributed by atoms with Gasteiger partial charge in [-0.25, -0.2) is 0 Å². The molecule has 0 saturated carbocycles.